The molecule has 0 fully saturated rings. The van der Waals surface area contributed by atoms with E-state index in [9.17, 15) is 0 Å². The highest BCUT2D eigenvalue weighted by atomic mass is 79.9. The average Bonchev–Trinajstić information content (AvgIpc) is 2.96. The maximum Gasteiger partial charge on any atom is 0.122 e. The molecule has 2 aromatic carbocycles. The summed E-state index contributed by atoms with van der Waals surface area (Å²) in [7, 11) is 0. The monoisotopic (exact) mass is 342 g/mol. The Bertz CT molecular complexity index is 721. The van der Waals surface area contributed by atoms with Crippen molar-refractivity contribution >= 4 is 21.6 Å². The molecule has 3 rings (SSSR count). The number of nitriles is 1. The summed E-state index contributed by atoms with van der Waals surface area (Å²) in [5, 5.41) is 12.4. The third kappa shape index (κ3) is 2.88. The van der Waals surface area contributed by atoms with Gasteiger partial charge in [-0.15, -0.1) is 0 Å². The van der Waals surface area contributed by atoms with E-state index in [1.165, 1.54) is 11.1 Å². The number of benzene rings is 2. The van der Waals surface area contributed by atoms with E-state index in [0.717, 1.165) is 28.9 Å². The SMILES string of the molecule is CC(Nc1ccc(C#N)cc1Br)c1ccc2c(c1)CCO2. The summed E-state index contributed by atoms with van der Waals surface area (Å²) in [5.41, 5.74) is 4.14. The van der Waals surface area contributed by atoms with Gasteiger partial charge in [-0.3, -0.25) is 0 Å². The number of nitrogens with one attached hydrogen (secondary N) is 1. The Morgan fingerprint density at radius 3 is 2.90 bits per heavy atom. The molecule has 3 nitrogen and oxygen atoms in total. The van der Waals surface area contributed by atoms with Gasteiger partial charge in [-0.05, 0) is 64.3 Å². The normalized spacial score (nSPS) is 14.0. The zero-order chi connectivity index (χ0) is 14.8. The summed E-state index contributed by atoms with van der Waals surface area (Å²) in [6.45, 7) is 2.91. The number of hydrogen-bond donors (Lipinski definition) is 1. The van der Waals surface area contributed by atoms with Crippen LogP contribution in [0.4, 0.5) is 5.69 Å². The van der Waals surface area contributed by atoms with Crippen molar-refractivity contribution < 1.29 is 4.74 Å². The molecule has 0 aromatic heterocycles. The van der Waals surface area contributed by atoms with E-state index in [0.29, 0.717) is 5.56 Å². The average molecular weight is 343 g/mol. The molecule has 1 aliphatic heterocycles. The summed E-state index contributed by atoms with van der Waals surface area (Å²) in [4.78, 5) is 0. The lowest BCUT2D eigenvalue weighted by Crippen LogP contribution is -2.07. The van der Waals surface area contributed by atoms with E-state index in [1.54, 1.807) is 0 Å². The first kappa shape index (κ1) is 14.0. The Kier molecular flexibility index (Phi) is 3.85. The number of halogens is 1. The van der Waals surface area contributed by atoms with Gasteiger partial charge >= 0.3 is 0 Å². The smallest absolute Gasteiger partial charge is 0.122 e. The van der Waals surface area contributed by atoms with Gasteiger partial charge in [0.2, 0.25) is 0 Å². The molecule has 21 heavy (non-hydrogen) atoms. The molecular formula is C17H15BrN2O. The first-order valence-corrected chi connectivity index (χ1v) is 7.68. The van der Waals surface area contributed by atoms with Crippen LogP contribution in [0.25, 0.3) is 0 Å². The standard InChI is InChI=1S/C17H15BrN2O/c1-11(13-3-5-17-14(9-13)6-7-21-17)20-16-4-2-12(10-19)8-15(16)18/h2-5,8-9,11,20H,6-7H2,1H3. The Labute approximate surface area is 132 Å². The minimum absolute atomic E-state index is 0.181. The number of fused-ring (bicyclic) bond motifs is 1. The molecule has 106 valence electrons. The van der Waals surface area contributed by atoms with Gasteiger partial charge in [0, 0.05) is 22.6 Å². The molecule has 1 N–H and O–H groups in total. The number of rotatable bonds is 3. The fraction of sp³-hybridized carbons (Fsp3) is 0.235. The molecule has 1 atom stereocenters. The van der Waals surface area contributed by atoms with Crippen molar-refractivity contribution in [3.8, 4) is 11.8 Å². The van der Waals surface area contributed by atoms with Crippen LogP contribution >= 0.6 is 15.9 Å². The molecular weight excluding hydrogens is 328 g/mol. The predicted octanol–water partition coefficient (Wildman–Crippen LogP) is 4.43. The van der Waals surface area contributed by atoms with Crippen molar-refractivity contribution in [3.05, 3.63) is 57.6 Å². The van der Waals surface area contributed by atoms with Gasteiger partial charge < -0.3 is 10.1 Å². The predicted molar refractivity (Wildman–Crippen MR) is 86.5 cm³/mol. The third-order valence-electron chi connectivity index (χ3n) is 3.68. The molecule has 1 heterocycles. The van der Waals surface area contributed by atoms with E-state index in [1.807, 2.05) is 24.3 Å². The molecule has 2 aromatic rings. The van der Waals surface area contributed by atoms with Crippen molar-refractivity contribution in [2.24, 2.45) is 0 Å². The van der Waals surface area contributed by atoms with Gasteiger partial charge in [-0.1, -0.05) is 6.07 Å². The van der Waals surface area contributed by atoms with Crippen molar-refractivity contribution in [2.45, 2.75) is 19.4 Å². The van der Waals surface area contributed by atoms with E-state index in [2.05, 4.69) is 46.4 Å². The first-order chi connectivity index (χ1) is 10.2. The Balaban J connectivity index is 1.80. The zero-order valence-electron chi connectivity index (χ0n) is 11.7. The van der Waals surface area contributed by atoms with Crippen LogP contribution in [-0.2, 0) is 6.42 Å². The molecule has 0 amide bonds. The van der Waals surface area contributed by atoms with Crippen molar-refractivity contribution in [2.75, 3.05) is 11.9 Å². The van der Waals surface area contributed by atoms with Gasteiger partial charge in [0.25, 0.3) is 0 Å². The third-order valence-corrected chi connectivity index (χ3v) is 4.34. The number of ether oxygens (including phenoxy) is 1. The Morgan fingerprint density at radius 1 is 1.29 bits per heavy atom. The quantitative estimate of drug-likeness (QED) is 0.897. The summed E-state index contributed by atoms with van der Waals surface area (Å²) < 4.78 is 6.44. The molecule has 1 aliphatic rings. The van der Waals surface area contributed by atoms with Crippen molar-refractivity contribution in [1.29, 1.82) is 5.26 Å². The van der Waals surface area contributed by atoms with Gasteiger partial charge in [-0.25, -0.2) is 0 Å². The van der Waals surface area contributed by atoms with E-state index < -0.39 is 0 Å². The lowest BCUT2D eigenvalue weighted by Gasteiger charge is -2.17. The maximum atomic E-state index is 8.90. The molecule has 0 bridgehead atoms. The van der Waals surface area contributed by atoms with Crippen LogP contribution in [0.15, 0.2) is 40.9 Å². The Morgan fingerprint density at radius 2 is 2.14 bits per heavy atom. The van der Waals surface area contributed by atoms with Crippen LogP contribution in [-0.4, -0.2) is 6.61 Å². The second-order valence-corrected chi connectivity index (χ2v) is 5.99. The minimum Gasteiger partial charge on any atom is -0.493 e. The summed E-state index contributed by atoms with van der Waals surface area (Å²) in [5.74, 6) is 1.01. The highest BCUT2D eigenvalue weighted by Crippen LogP contribution is 2.31. The zero-order valence-corrected chi connectivity index (χ0v) is 13.3. The summed E-state index contributed by atoms with van der Waals surface area (Å²) >= 11 is 3.51. The lowest BCUT2D eigenvalue weighted by atomic mass is 10.0. The molecule has 4 heteroatoms. The van der Waals surface area contributed by atoms with Gasteiger partial charge in [0.1, 0.15) is 5.75 Å². The molecule has 0 aliphatic carbocycles. The fourth-order valence-corrected chi connectivity index (χ4v) is 2.99. The molecule has 1 unspecified atom stereocenters. The topological polar surface area (TPSA) is 45.0 Å². The van der Waals surface area contributed by atoms with Crippen molar-refractivity contribution in [3.63, 3.8) is 0 Å². The second kappa shape index (κ2) is 5.79. The van der Waals surface area contributed by atoms with Crippen LogP contribution in [0.1, 0.15) is 29.7 Å². The maximum absolute atomic E-state index is 8.90. The largest absolute Gasteiger partial charge is 0.493 e. The van der Waals surface area contributed by atoms with Crippen LogP contribution in [0.5, 0.6) is 5.75 Å². The molecule has 0 saturated carbocycles. The highest BCUT2D eigenvalue weighted by molar-refractivity contribution is 9.10. The van der Waals surface area contributed by atoms with Gasteiger partial charge in [0.05, 0.1) is 18.2 Å². The number of anilines is 1. The van der Waals surface area contributed by atoms with E-state index in [-0.39, 0.29) is 6.04 Å². The molecule has 0 spiro atoms. The highest BCUT2D eigenvalue weighted by Gasteiger charge is 2.15. The van der Waals surface area contributed by atoms with Gasteiger partial charge in [-0.2, -0.15) is 5.26 Å². The van der Waals surface area contributed by atoms with Crippen LogP contribution in [0.3, 0.4) is 0 Å². The molecule has 0 radical (unpaired) electrons. The fourth-order valence-electron chi connectivity index (χ4n) is 2.49. The summed E-state index contributed by atoms with van der Waals surface area (Å²) in [6, 6.07) is 14.2. The Hall–Kier alpha value is -1.99. The summed E-state index contributed by atoms with van der Waals surface area (Å²) in [6.07, 6.45) is 0.983. The van der Waals surface area contributed by atoms with Crippen LogP contribution in [0, 0.1) is 11.3 Å². The molecule has 0 saturated heterocycles. The first-order valence-electron chi connectivity index (χ1n) is 6.89. The van der Waals surface area contributed by atoms with Crippen LogP contribution < -0.4 is 10.1 Å². The van der Waals surface area contributed by atoms with Crippen LogP contribution in [0.2, 0.25) is 0 Å². The van der Waals surface area contributed by atoms with Gasteiger partial charge in [0.15, 0.2) is 0 Å². The van der Waals surface area contributed by atoms with Crippen molar-refractivity contribution in [1.82, 2.24) is 0 Å². The second-order valence-electron chi connectivity index (χ2n) is 5.14. The number of hydrogen-bond acceptors (Lipinski definition) is 3. The van der Waals surface area contributed by atoms with E-state index >= 15 is 0 Å². The lowest BCUT2D eigenvalue weighted by molar-refractivity contribution is 0.357. The number of nitrogens with zero attached hydrogens (tertiary/aromatic N) is 1. The van der Waals surface area contributed by atoms with E-state index in [4.69, 9.17) is 10.00 Å². The minimum atomic E-state index is 0.181.